The van der Waals surface area contributed by atoms with Crippen LogP contribution in [0.1, 0.15) is 58.1 Å². The normalized spacial score (nSPS) is 19.2. The Kier molecular flexibility index (Phi) is 3.87. The van der Waals surface area contributed by atoms with Crippen LogP contribution in [-0.4, -0.2) is 16.3 Å². The minimum atomic E-state index is 0.468. The Morgan fingerprint density at radius 2 is 2.18 bits per heavy atom. The van der Waals surface area contributed by atoms with Crippen LogP contribution in [0.2, 0.25) is 0 Å². The molecule has 0 amide bonds. The fourth-order valence-electron chi connectivity index (χ4n) is 2.42. The van der Waals surface area contributed by atoms with E-state index in [0.29, 0.717) is 11.5 Å². The molecular formula is C14H25N3. The van der Waals surface area contributed by atoms with Gasteiger partial charge in [-0.1, -0.05) is 20.8 Å². The molecule has 17 heavy (non-hydrogen) atoms. The van der Waals surface area contributed by atoms with E-state index in [-0.39, 0.29) is 0 Å². The number of nitrogens with one attached hydrogen (secondary N) is 1. The molecule has 0 bridgehead atoms. The zero-order chi connectivity index (χ0) is 12.3. The summed E-state index contributed by atoms with van der Waals surface area (Å²) in [6.07, 6.45) is 9.29. The number of aryl methyl sites for hydroxylation is 1. The maximum Gasteiger partial charge on any atom is 0.0537 e. The van der Waals surface area contributed by atoms with Gasteiger partial charge in [0.05, 0.1) is 6.20 Å². The second kappa shape index (κ2) is 5.21. The molecule has 1 heterocycles. The van der Waals surface area contributed by atoms with E-state index in [1.807, 2.05) is 6.20 Å². The summed E-state index contributed by atoms with van der Waals surface area (Å²) in [6.45, 7) is 8.92. The Labute approximate surface area is 105 Å². The van der Waals surface area contributed by atoms with Gasteiger partial charge in [0, 0.05) is 24.3 Å². The highest BCUT2D eigenvalue weighted by atomic mass is 15.3. The van der Waals surface area contributed by atoms with Crippen LogP contribution in [0, 0.1) is 5.41 Å². The molecule has 0 saturated heterocycles. The molecule has 1 unspecified atom stereocenters. The molecule has 1 aliphatic carbocycles. The van der Waals surface area contributed by atoms with Crippen molar-refractivity contribution in [1.82, 2.24) is 15.1 Å². The van der Waals surface area contributed by atoms with Gasteiger partial charge in [-0.25, -0.2) is 0 Å². The molecule has 1 N–H and O–H groups in total. The lowest BCUT2D eigenvalue weighted by Crippen LogP contribution is -2.28. The number of hydrogen-bond donors (Lipinski definition) is 1. The third kappa shape index (κ3) is 2.89. The SMILES string of the molecule is CCCNC(c1cnn(CCC)c1)C1(C)CC1. The van der Waals surface area contributed by atoms with Gasteiger partial charge >= 0.3 is 0 Å². The highest BCUT2D eigenvalue weighted by molar-refractivity contribution is 5.18. The van der Waals surface area contributed by atoms with Crippen LogP contribution >= 0.6 is 0 Å². The Bertz CT molecular complexity index is 352. The lowest BCUT2D eigenvalue weighted by atomic mass is 9.94. The van der Waals surface area contributed by atoms with Crippen molar-refractivity contribution in [3.63, 3.8) is 0 Å². The van der Waals surface area contributed by atoms with Crippen LogP contribution in [0.3, 0.4) is 0 Å². The van der Waals surface area contributed by atoms with E-state index in [1.54, 1.807) is 0 Å². The van der Waals surface area contributed by atoms with Crippen molar-refractivity contribution in [1.29, 1.82) is 0 Å². The molecule has 3 heteroatoms. The van der Waals surface area contributed by atoms with E-state index in [1.165, 1.54) is 24.8 Å². The van der Waals surface area contributed by atoms with E-state index in [4.69, 9.17) is 0 Å². The molecule has 1 aromatic rings. The lowest BCUT2D eigenvalue weighted by molar-refractivity contribution is 0.366. The lowest BCUT2D eigenvalue weighted by Gasteiger charge is -2.23. The molecule has 1 atom stereocenters. The number of aromatic nitrogens is 2. The largest absolute Gasteiger partial charge is 0.309 e. The summed E-state index contributed by atoms with van der Waals surface area (Å²) < 4.78 is 2.07. The molecule has 0 aromatic carbocycles. The standard InChI is InChI=1S/C14H25N3/c1-4-8-15-13(14(3)6-7-14)12-10-16-17(11-12)9-5-2/h10-11,13,15H,4-9H2,1-3H3. The Morgan fingerprint density at radius 3 is 2.76 bits per heavy atom. The van der Waals surface area contributed by atoms with Crippen LogP contribution in [-0.2, 0) is 6.54 Å². The molecule has 0 spiro atoms. The predicted molar refractivity (Wildman–Crippen MR) is 70.9 cm³/mol. The number of hydrogen-bond acceptors (Lipinski definition) is 2. The molecule has 1 saturated carbocycles. The first-order valence-electron chi connectivity index (χ1n) is 6.95. The number of rotatable bonds is 7. The van der Waals surface area contributed by atoms with Crippen LogP contribution in [0.25, 0.3) is 0 Å². The molecule has 96 valence electrons. The van der Waals surface area contributed by atoms with Crippen LogP contribution in [0.5, 0.6) is 0 Å². The van der Waals surface area contributed by atoms with Crippen molar-refractivity contribution in [2.75, 3.05) is 6.54 Å². The highest BCUT2D eigenvalue weighted by Gasteiger charge is 2.45. The first kappa shape index (κ1) is 12.6. The highest BCUT2D eigenvalue weighted by Crippen LogP contribution is 2.54. The summed E-state index contributed by atoms with van der Waals surface area (Å²) in [5, 5.41) is 8.14. The minimum absolute atomic E-state index is 0.468. The summed E-state index contributed by atoms with van der Waals surface area (Å²) in [5.74, 6) is 0. The van der Waals surface area contributed by atoms with Gasteiger partial charge in [0.1, 0.15) is 0 Å². The first-order chi connectivity index (χ1) is 8.19. The van der Waals surface area contributed by atoms with Gasteiger partial charge in [-0.3, -0.25) is 4.68 Å². The monoisotopic (exact) mass is 235 g/mol. The minimum Gasteiger partial charge on any atom is -0.309 e. The Balaban J connectivity index is 2.08. The Hall–Kier alpha value is -0.830. The van der Waals surface area contributed by atoms with E-state index in [9.17, 15) is 0 Å². The molecule has 0 aliphatic heterocycles. The van der Waals surface area contributed by atoms with Gasteiger partial charge in [0.2, 0.25) is 0 Å². The third-order valence-electron chi connectivity index (χ3n) is 3.77. The van der Waals surface area contributed by atoms with Gasteiger partial charge in [0.25, 0.3) is 0 Å². The molecular weight excluding hydrogens is 210 g/mol. The fraction of sp³-hybridized carbons (Fsp3) is 0.786. The molecule has 1 fully saturated rings. The summed E-state index contributed by atoms with van der Waals surface area (Å²) >= 11 is 0. The van der Waals surface area contributed by atoms with Crippen LogP contribution < -0.4 is 5.32 Å². The van der Waals surface area contributed by atoms with Crippen molar-refractivity contribution in [2.24, 2.45) is 5.41 Å². The van der Waals surface area contributed by atoms with Crippen molar-refractivity contribution in [2.45, 2.75) is 59.0 Å². The summed E-state index contributed by atoms with van der Waals surface area (Å²) in [5.41, 5.74) is 1.84. The van der Waals surface area contributed by atoms with Crippen molar-refractivity contribution in [3.05, 3.63) is 18.0 Å². The van der Waals surface area contributed by atoms with Crippen LogP contribution in [0.15, 0.2) is 12.4 Å². The van der Waals surface area contributed by atoms with E-state index in [2.05, 4.69) is 42.1 Å². The average Bonchev–Trinajstić information content (AvgIpc) is 2.88. The van der Waals surface area contributed by atoms with Crippen molar-refractivity contribution in [3.8, 4) is 0 Å². The van der Waals surface area contributed by atoms with E-state index < -0.39 is 0 Å². The van der Waals surface area contributed by atoms with E-state index in [0.717, 1.165) is 19.5 Å². The predicted octanol–water partition coefficient (Wildman–Crippen LogP) is 3.13. The van der Waals surface area contributed by atoms with Crippen LogP contribution in [0.4, 0.5) is 0 Å². The molecule has 3 nitrogen and oxygen atoms in total. The molecule has 1 aliphatic rings. The maximum atomic E-state index is 4.45. The zero-order valence-corrected chi connectivity index (χ0v) is 11.4. The average molecular weight is 235 g/mol. The zero-order valence-electron chi connectivity index (χ0n) is 11.4. The Morgan fingerprint density at radius 1 is 1.41 bits per heavy atom. The van der Waals surface area contributed by atoms with Gasteiger partial charge in [0.15, 0.2) is 0 Å². The summed E-state index contributed by atoms with van der Waals surface area (Å²) in [7, 11) is 0. The second-order valence-corrected chi connectivity index (χ2v) is 5.58. The van der Waals surface area contributed by atoms with Gasteiger partial charge in [-0.05, 0) is 37.6 Å². The summed E-state index contributed by atoms with van der Waals surface area (Å²) in [6, 6.07) is 0.494. The smallest absolute Gasteiger partial charge is 0.0537 e. The molecule has 2 rings (SSSR count). The second-order valence-electron chi connectivity index (χ2n) is 5.58. The third-order valence-corrected chi connectivity index (χ3v) is 3.77. The summed E-state index contributed by atoms with van der Waals surface area (Å²) in [4.78, 5) is 0. The molecule has 1 aromatic heterocycles. The number of nitrogens with zero attached hydrogens (tertiary/aromatic N) is 2. The topological polar surface area (TPSA) is 29.9 Å². The van der Waals surface area contributed by atoms with Gasteiger partial charge < -0.3 is 5.32 Å². The van der Waals surface area contributed by atoms with E-state index >= 15 is 0 Å². The maximum absolute atomic E-state index is 4.45. The van der Waals surface area contributed by atoms with Crippen molar-refractivity contribution < 1.29 is 0 Å². The molecule has 0 radical (unpaired) electrons. The fourth-order valence-corrected chi connectivity index (χ4v) is 2.42. The van der Waals surface area contributed by atoms with Gasteiger partial charge in [-0.2, -0.15) is 5.10 Å². The van der Waals surface area contributed by atoms with Gasteiger partial charge in [-0.15, -0.1) is 0 Å². The van der Waals surface area contributed by atoms with Crippen molar-refractivity contribution >= 4 is 0 Å². The first-order valence-corrected chi connectivity index (χ1v) is 6.95. The quantitative estimate of drug-likeness (QED) is 0.787.